The Kier molecular flexibility index (Phi) is 4.71. The zero-order valence-corrected chi connectivity index (χ0v) is 7.90. The van der Waals surface area contributed by atoms with Crippen LogP contribution in [0.5, 0.6) is 0 Å². The summed E-state index contributed by atoms with van der Waals surface area (Å²) >= 11 is 2.00. The largest absolute Gasteiger partial charge is 0.380 e. The Labute approximate surface area is 73.2 Å². The fourth-order valence-electron chi connectivity index (χ4n) is 0.849. The first kappa shape index (κ1) is 9.14. The lowest BCUT2D eigenvalue weighted by molar-refractivity contribution is 0.140. The third-order valence-corrected chi connectivity index (χ3v) is 2.54. The van der Waals surface area contributed by atoms with Gasteiger partial charge in [-0.05, 0) is 19.8 Å². The summed E-state index contributed by atoms with van der Waals surface area (Å²) in [5.74, 6) is 1.31. The Balaban J connectivity index is 1.72. The Hall–Kier alpha value is 0.0500. The molecule has 1 atom stereocenters. The first-order chi connectivity index (χ1) is 5.43. The number of ether oxygens (including phenoxy) is 1. The monoisotopic (exact) mass is 172 g/mol. The van der Waals surface area contributed by atoms with E-state index in [-0.39, 0.29) is 0 Å². The molecule has 0 aromatic heterocycles. The molecule has 0 aromatic rings. The Morgan fingerprint density at radius 2 is 2.45 bits per heavy atom. The van der Waals surface area contributed by atoms with Gasteiger partial charge in [0.15, 0.2) is 0 Å². The Morgan fingerprint density at radius 3 is 3.09 bits per heavy atom. The molecule has 1 rings (SSSR count). The number of hydrogen-bond acceptors (Lipinski definition) is 2. The van der Waals surface area contributed by atoms with Crippen LogP contribution in [0.3, 0.4) is 0 Å². The van der Waals surface area contributed by atoms with Gasteiger partial charge in [0.05, 0.1) is 6.61 Å². The van der Waals surface area contributed by atoms with E-state index >= 15 is 0 Å². The van der Waals surface area contributed by atoms with Gasteiger partial charge >= 0.3 is 0 Å². The van der Waals surface area contributed by atoms with Crippen molar-refractivity contribution in [3.63, 3.8) is 0 Å². The maximum Gasteiger partial charge on any atom is 0.0593 e. The van der Waals surface area contributed by atoms with Gasteiger partial charge in [0, 0.05) is 17.6 Å². The van der Waals surface area contributed by atoms with Gasteiger partial charge in [-0.3, -0.25) is 0 Å². The highest BCUT2D eigenvalue weighted by Crippen LogP contribution is 2.29. The number of hydrogen-bond donors (Lipinski definition) is 0. The van der Waals surface area contributed by atoms with E-state index in [0.29, 0.717) is 0 Å². The molecule has 0 amide bonds. The van der Waals surface area contributed by atoms with E-state index in [1.807, 2.05) is 11.8 Å². The fraction of sp³-hybridized carbons (Fsp3) is 0.778. The number of unbranched alkanes of at least 4 members (excludes halogenated alkanes) is 1. The van der Waals surface area contributed by atoms with Gasteiger partial charge in [0.2, 0.25) is 0 Å². The summed E-state index contributed by atoms with van der Waals surface area (Å²) in [4.78, 5) is 0. The average molecular weight is 172 g/mol. The highest BCUT2D eigenvalue weighted by molar-refractivity contribution is 8.06. The molecule has 1 heterocycles. The number of rotatable bonds is 6. The Bertz CT molecular complexity index is 119. The lowest BCUT2D eigenvalue weighted by atomic mass is 10.3. The quantitative estimate of drug-likeness (QED) is 0.346. The van der Waals surface area contributed by atoms with Gasteiger partial charge in [-0.15, -0.1) is 0 Å². The molecular formula is C9H16OS. The average Bonchev–Trinajstić information content (AvgIpc) is 2.80. The molecule has 1 unspecified atom stereocenters. The standard InChI is InChI=1S/C9H16OS/c1-2-3-4-5-6-10-7-9-8-11-9/h2-3,9H,4-8H2,1H3/b3-2+. The van der Waals surface area contributed by atoms with E-state index in [1.54, 1.807) is 0 Å². The third-order valence-electron chi connectivity index (χ3n) is 1.60. The van der Waals surface area contributed by atoms with Crippen molar-refractivity contribution in [1.29, 1.82) is 0 Å². The topological polar surface area (TPSA) is 9.23 Å². The zero-order chi connectivity index (χ0) is 7.94. The van der Waals surface area contributed by atoms with Crippen molar-refractivity contribution < 1.29 is 4.74 Å². The Morgan fingerprint density at radius 1 is 1.64 bits per heavy atom. The lowest BCUT2D eigenvalue weighted by Crippen LogP contribution is -2.01. The minimum Gasteiger partial charge on any atom is -0.380 e. The fourth-order valence-corrected chi connectivity index (χ4v) is 1.27. The summed E-state index contributed by atoms with van der Waals surface area (Å²) < 4.78 is 5.45. The SMILES string of the molecule is C/C=C/CCCOCC1CS1. The van der Waals surface area contributed by atoms with E-state index in [0.717, 1.165) is 24.9 Å². The third kappa shape index (κ3) is 5.33. The smallest absolute Gasteiger partial charge is 0.0593 e. The van der Waals surface area contributed by atoms with Crippen molar-refractivity contribution in [2.75, 3.05) is 19.0 Å². The van der Waals surface area contributed by atoms with Gasteiger partial charge in [-0.2, -0.15) is 11.8 Å². The van der Waals surface area contributed by atoms with Gasteiger partial charge < -0.3 is 4.74 Å². The van der Waals surface area contributed by atoms with Crippen LogP contribution in [-0.4, -0.2) is 24.2 Å². The highest BCUT2D eigenvalue weighted by atomic mass is 32.2. The van der Waals surface area contributed by atoms with Gasteiger partial charge in [-0.1, -0.05) is 12.2 Å². The molecule has 1 nitrogen and oxygen atoms in total. The molecular weight excluding hydrogens is 156 g/mol. The van der Waals surface area contributed by atoms with Gasteiger partial charge in [0.1, 0.15) is 0 Å². The molecule has 0 aliphatic carbocycles. The van der Waals surface area contributed by atoms with Crippen molar-refractivity contribution in [1.82, 2.24) is 0 Å². The van der Waals surface area contributed by atoms with Crippen LogP contribution < -0.4 is 0 Å². The molecule has 1 fully saturated rings. The molecule has 0 spiro atoms. The molecule has 1 aliphatic rings. The van der Waals surface area contributed by atoms with Crippen molar-refractivity contribution in [3.05, 3.63) is 12.2 Å². The molecule has 2 heteroatoms. The van der Waals surface area contributed by atoms with Crippen LogP contribution in [0.1, 0.15) is 19.8 Å². The van der Waals surface area contributed by atoms with Gasteiger partial charge in [0.25, 0.3) is 0 Å². The van der Waals surface area contributed by atoms with Crippen LogP contribution in [0, 0.1) is 0 Å². The van der Waals surface area contributed by atoms with E-state index < -0.39 is 0 Å². The summed E-state index contributed by atoms with van der Waals surface area (Å²) in [7, 11) is 0. The normalized spacial score (nSPS) is 22.8. The summed E-state index contributed by atoms with van der Waals surface area (Å²) in [6, 6.07) is 0. The second kappa shape index (κ2) is 5.67. The summed E-state index contributed by atoms with van der Waals surface area (Å²) in [5.41, 5.74) is 0. The number of allylic oxidation sites excluding steroid dienone is 2. The molecule has 0 saturated carbocycles. The van der Waals surface area contributed by atoms with Gasteiger partial charge in [-0.25, -0.2) is 0 Å². The van der Waals surface area contributed by atoms with Crippen molar-refractivity contribution in [2.24, 2.45) is 0 Å². The molecule has 1 aliphatic heterocycles. The van der Waals surface area contributed by atoms with E-state index in [9.17, 15) is 0 Å². The van der Waals surface area contributed by atoms with Crippen LogP contribution in [-0.2, 0) is 4.74 Å². The zero-order valence-electron chi connectivity index (χ0n) is 7.08. The lowest BCUT2D eigenvalue weighted by Gasteiger charge is -1.99. The second-order valence-electron chi connectivity index (χ2n) is 2.74. The minimum absolute atomic E-state index is 0.830. The van der Waals surface area contributed by atoms with Crippen LogP contribution >= 0.6 is 11.8 Å². The van der Waals surface area contributed by atoms with Crippen LogP contribution in [0.2, 0.25) is 0 Å². The first-order valence-electron chi connectivity index (χ1n) is 4.24. The molecule has 0 radical (unpaired) electrons. The maximum absolute atomic E-state index is 5.45. The minimum atomic E-state index is 0.830. The van der Waals surface area contributed by atoms with E-state index in [2.05, 4.69) is 19.1 Å². The molecule has 64 valence electrons. The van der Waals surface area contributed by atoms with Crippen LogP contribution in [0.25, 0.3) is 0 Å². The summed E-state index contributed by atoms with van der Waals surface area (Å²) in [5, 5.41) is 0.830. The van der Waals surface area contributed by atoms with Crippen molar-refractivity contribution in [2.45, 2.75) is 25.0 Å². The summed E-state index contributed by atoms with van der Waals surface area (Å²) in [6.07, 6.45) is 6.61. The van der Waals surface area contributed by atoms with Crippen molar-refractivity contribution >= 4 is 11.8 Å². The predicted octanol–water partition coefficient (Wildman–Crippen LogP) is 2.47. The predicted molar refractivity (Wildman–Crippen MR) is 51.1 cm³/mol. The second-order valence-corrected chi connectivity index (χ2v) is 4.07. The van der Waals surface area contributed by atoms with E-state index in [1.165, 1.54) is 12.2 Å². The van der Waals surface area contributed by atoms with E-state index in [4.69, 9.17) is 4.74 Å². The molecule has 11 heavy (non-hydrogen) atoms. The maximum atomic E-state index is 5.45. The molecule has 0 aromatic carbocycles. The van der Waals surface area contributed by atoms with Crippen molar-refractivity contribution in [3.8, 4) is 0 Å². The molecule has 0 bridgehead atoms. The first-order valence-corrected chi connectivity index (χ1v) is 5.29. The molecule has 1 saturated heterocycles. The van der Waals surface area contributed by atoms with Crippen LogP contribution in [0.4, 0.5) is 0 Å². The highest BCUT2D eigenvalue weighted by Gasteiger charge is 2.21. The van der Waals surface area contributed by atoms with Crippen LogP contribution in [0.15, 0.2) is 12.2 Å². The number of thioether (sulfide) groups is 1. The molecule has 0 N–H and O–H groups in total. The summed E-state index contributed by atoms with van der Waals surface area (Å²) in [6.45, 7) is 3.96.